The molecule has 0 saturated carbocycles. The minimum absolute atomic E-state index is 0.0115. The summed E-state index contributed by atoms with van der Waals surface area (Å²) in [5.41, 5.74) is 3.16. The molecule has 0 bridgehead atoms. The van der Waals surface area contributed by atoms with Crippen molar-refractivity contribution in [3.05, 3.63) is 35.9 Å². The number of carbonyl (C=O) groups excluding carboxylic acids is 1. The molecule has 104 valence electrons. The molecule has 4 heteroatoms. The van der Waals surface area contributed by atoms with Gasteiger partial charge in [0.1, 0.15) is 0 Å². The second kappa shape index (κ2) is 15.6. The zero-order valence-corrected chi connectivity index (χ0v) is 12.1. The van der Waals surface area contributed by atoms with E-state index in [-0.39, 0.29) is 5.91 Å². The zero-order chi connectivity index (χ0) is 14.2. The lowest BCUT2D eigenvalue weighted by atomic mass is 10.2. The van der Waals surface area contributed by atoms with Crippen LogP contribution >= 0.6 is 0 Å². The molecule has 0 saturated heterocycles. The molecule has 2 N–H and O–H groups in total. The molecule has 0 spiro atoms. The van der Waals surface area contributed by atoms with E-state index in [0.717, 1.165) is 18.5 Å². The number of hydroxylamine groups is 1. The van der Waals surface area contributed by atoms with Gasteiger partial charge < -0.3 is 10.2 Å². The summed E-state index contributed by atoms with van der Waals surface area (Å²) in [4.78, 5) is 15.6. The Bertz CT molecular complexity index is 274. The minimum Gasteiger partial charge on any atom is -0.352 e. The Morgan fingerprint density at radius 3 is 2.11 bits per heavy atom. The number of amides is 1. The van der Waals surface area contributed by atoms with Gasteiger partial charge in [-0.3, -0.25) is 4.79 Å². The van der Waals surface area contributed by atoms with Crippen molar-refractivity contribution in [1.82, 2.24) is 10.8 Å². The second-order valence-corrected chi connectivity index (χ2v) is 3.03. The van der Waals surface area contributed by atoms with Gasteiger partial charge in [0, 0.05) is 19.2 Å². The normalized spacial score (nSPS) is 8.28. The first-order valence-corrected chi connectivity index (χ1v) is 6.29. The summed E-state index contributed by atoms with van der Waals surface area (Å²) in [5, 5.41) is 2.81. The second-order valence-electron chi connectivity index (χ2n) is 3.03. The summed E-state index contributed by atoms with van der Waals surface area (Å²) in [5.74, 6) is 0.0115. The topological polar surface area (TPSA) is 50.4 Å². The van der Waals surface area contributed by atoms with Crippen molar-refractivity contribution < 1.29 is 9.63 Å². The van der Waals surface area contributed by atoms with Crippen LogP contribution in [0, 0.1) is 0 Å². The SMILES string of the molecule is CC.CCCNC(=O)c1ccccc1.CNOC. The molecule has 0 aliphatic carbocycles. The monoisotopic (exact) mass is 254 g/mol. The van der Waals surface area contributed by atoms with Crippen LogP contribution < -0.4 is 10.8 Å². The maximum absolute atomic E-state index is 11.3. The molecule has 0 fully saturated rings. The van der Waals surface area contributed by atoms with Gasteiger partial charge in [-0.1, -0.05) is 39.0 Å². The van der Waals surface area contributed by atoms with E-state index in [1.54, 1.807) is 14.2 Å². The Hall–Kier alpha value is -1.39. The van der Waals surface area contributed by atoms with Crippen LogP contribution in [0.4, 0.5) is 0 Å². The Morgan fingerprint density at radius 1 is 1.22 bits per heavy atom. The van der Waals surface area contributed by atoms with Crippen LogP contribution in [0.2, 0.25) is 0 Å². The van der Waals surface area contributed by atoms with Crippen molar-refractivity contribution in [1.29, 1.82) is 0 Å². The minimum atomic E-state index is 0.0115. The first-order chi connectivity index (χ1) is 8.76. The van der Waals surface area contributed by atoms with E-state index >= 15 is 0 Å². The molecule has 1 aromatic carbocycles. The van der Waals surface area contributed by atoms with Gasteiger partial charge in [-0.25, -0.2) is 5.48 Å². The fourth-order valence-electron chi connectivity index (χ4n) is 0.930. The van der Waals surface area contributed by atoms with E-state index in [1.807, 2.05) is 51.1 Å². The molecule has 18 heavy (non-hydrogen) atoms. The number of nitrogens with one attached hydrogen (secondary N) is 2. The number of rotatable bonds is 4. The number of carbonyl (C=O) groups is 1. The molecule has 0 aliphatic rings. The van der Waals surface area contributed by atoms with Crippen LogP contribution in [-0.2, 0) is 4.84 Å². The summed E-state index contributed by atoms with van der Waals surface area (Å²) in [6, 6.07) is 9.24. The van der Waals surface area contributed by atoms with Crippen LogP contribution in [0.3, 0.4) is 0 Å². The number of benzene rings is 1. The predicted molar refractivity (Wildman–Crippen MR) is 76.5 cm³/mol. The molecular formula is C14H26N2O2. The van der Waals surface area contributed by atoms with Crippen molar-refractivity contribution in [3.8, 4) is 0 Å². The fraction of sp³-hybridized carbons (Fsp3) is 0.500. The van der Waals surface area contributed by atoms with Crippen molar-refractivity contribution in [2.24, 2.45) is 0 Å². The Balaban J connectivity index is 0. The highest BCUT2D eigenvalue weighted by Crippen LogP contribution is 1.97. The zero-order valence-electron chi connectivity index (χ0n) is 12.1. The number of hydrogen-bond donors (Lipinski definition) is 2. The Morgan fingerprint density at radius 2 is 1.72 bits per heavy atom. The third-order valence-corrected chi connectivity index (χ3v) is 1.78. The van der Waals surface area contributed by atoms with Crippen molar-refractivity contribution in [3.63, 3.8) is 0 Å². The summed E-state index contributed by atoms with van der Waals surface area (Å²) < 4.78 is 0. The van der Waals surface area contributed by atoms with Crippen molar-refractivity contribution >= 4 is 5.91 Å². The van der Waals surface area contributed by atoms with Crippen molar-refractivity contribution in [2.45, 2.75) is 27.2 Å². The van der Waals surface area contributed by atoms with Crippen LogP contribution in [-0.4, -0.2) is 26.6 Å². The highest BCUT2D eigenvalue weighted by molar-refractivity contribution is 5.94. The highest BCUT2D eigenvalue weighted by atomic mass is 16.6. The number of hydrogen-bond acceptors (Lipinski definition) is 3. The van der Waals surface area contributed by atoms with Gasteiger partial charge in [0.25, 0.3) is 5.91 Å². The quantitative estimate of drug-likeness (QED) is 0.812. The first-order valence-electron chi connectivity index (χ1n) is 6.29. The van der Waals surface area contributed by atoms with E-state index in [4.69, 9.17) is 0 Å². The third kappa shape index (κ3) is 11.1. The molecule has 0 unspecified atom stereocenters. The summed E-state index contributed by atoms with van der Waals surface area (Å²) in [6.45, 7) is 6.78. The Kier molecular flexibility index (Phi) is 16.4. The average Bonchev–Trinajstić information content (AvgIpc) is 2.48. The predicted octanol–water partition coefficient (Wildman–Crippen LogP) is 2.62. The third-order valence-electron chi connectivity index (χ3n) is 1.78. The van der Waals surface area contributed by atoms with Gasteiger partial charge in [0.15, 0.2) is 0 Å². The van der Waals surface area contributed by atoms with E-state index in [1.165, 1.54) is 0 Å². The lowest BCUT2D eigenvalue weighted by molar-refractivity contribution is 0.0953. The molecule has 0 aliphatic heterocycles. The van der Waals surface area contributed by atoms with Gasteiger partial charge in [0.05, 0.1) is 7.11 Å². The summed E-state index contributed by atoms with van der Waals surface area (Å²) >= 11 is 0. The van der Waals surface area contributed by atoms with E-state index in [2.05, 4.69) is 15.6 Å². The summed E-state index contributed by atoms with van der Waals surface area (Å²) in [6.07, 6.45) is 0.971. The molecule has 1 rings (SSSR count). The van der Waals surface area contributed by atoms with Gasteiger partial charge >= 0.3 is 0 Å². The lowest BCUT2D eigenvalue weighted by Gasteiger charge is -2.01. The van der Waals surface area contributed by atoms with Gasteiger partial charge in [-0.2, -0.15) is 0 Å². The van der Waals surface area contributed by atoms with Crippen molar-refractivity contribution in [2.75, 3.05) is 20.7 Å². The molecular weight excluding hydrogens is 228 g/mol. The van der Waals surface area contributed by atoms with Gasteiger partial charge in [-0.05, 0) is 18.6 Å². The molecule has 0 radical (unpaired) electrons. The van der Waals surface area contributed by atoms with E-state index in [0.29, 0.717) is 0 Å². The van der Waals surface area contributed by atoms with Crippen LogP contribution in [0.25, 0.3) is 0 Å². The van der Waals surface area contributed by atoms with E-state index in [9.17, 15) is 4.79 Å². The van der Waals surface area contributed by atoms with Gasteiger partial charge in [-0.15, -0.1) is 0 Å². The van der Waals surface area contributed by atoms with Gasteiger partial charge in [0.2, 0.25) is 0 Å². The lowest BCUT2D eigenvalue weighted by Crippen LogP contribution is -2.23. The Labute approximate surface area is 111 Å². The van der Waals surface area contributed by atoms with Crippen LogP contribution in [0.15, 0.2) is 30.3 Å². The molecule has 0 heterocycles. The average molecular weight is 254 g/mol. The van der Waals surface area contributed by atoms with Crippen LogP contribution in [0.5, 0.6) is 0 Å². The maximum atomic E-state index is 11.3. The molecule has 4 nitrogen and oxygen atoms in total. The molecule has 0 atom stereocenters. The highest BCUT2D eigenvalue weighted by Gasteiger charge is 2.00. The standard InChI is InChI=1S/C10H13NO.C2H7NO.C2H6/c1-2-8-11-10(12)9-6-4-3-5-7-9;1-3-4-2;1-2/h3-7H,2,8H2,1H3,(H,11,12);3H,1-2H3;1-2H3. The van der Waals surface area contributed by atoms with Crippen LogP contribution in [0.1, 0.15) is 37.6 Å². The molecule has 1 amide bonds. The largest absolute Gasteiger partial charge is 0.352 e. The maximum Gasteiger partial charge on any atom is 0.251 e. The summed E-state index contributed by atoms with van der Waals surface area (Å²) in [7, 11) is 3.28. The molecule has 1 aromatic rings. The smallest absolute Gasteiger partial charge is 0.251 e. The van der Waals surface area contributed by atoms with E-state index < -0.39 is 0 Å². The first kappa shape index (κ1) is 19.0. The molecule has 0 aromatic heterocycles. The fourth-order valence-corrected chi connectivity index (χ4v) is 0.930.